The van der Waals surface area contributed by atoms with Gasteiger partial charge in [-0.1, -0.05) is 0 Å². The number of imidazole rings is 1. The number of aromatic nitrogens is 2. The molecule has 1 saturated heterocycles. The highest BCUT2D eigenvalue weighted by Gasteiger charge is 2.21. The molecule has 0 aromatic carbocycles. The molecular weight excluding hydrogens is 174 g/mol. The lowest BCUT2D eigenvalue weighted by Gasteiger charge is -2.12. The molecule has 1 aromatic rings. The maximum atomic E-state index is 5.90. The van der Waals surface area contributed by atoms with Gasteiger partial charge in [-0.25, -0.2) is 4.98 Å². The molecule has 2 rings (SSSR count). The fourth-order valence-corrected chi connectivity index (χ4v) is 1.96. The quantitative estimate of drug-likeness (QED) is 0.660. The van der Waals surface area contributed by atoms with Crippen LogP contribution >= 0.6 is 11.6 Å². The Morgan fingerprint density at radius 1 is 1.67 bits per heavy atom. The molecule has 3 nitrogen and oxygen atoms in total. The first-order valence-electron chi connectivity index (χ1n) is 4.14. The lowest BCUT2D eigenvalue weighted by Crippen LogP contribution is -2.16. The Kier molecular flexibility index (Phi) is 2.07. The summed E-state index contributed by atoms with van der Waals surface area (Å²) in [6.07, 6.45) is 4.87. The van der Waals surface area contributed by atoms with Crippen molar-refractivity contribution >= 4 is 11.6 Å². The Morgan fingerprint density at radius 3 is 3.00 bits per heavy atom. The molecule has 1 fully saturated rings. The van der Waals surface area contributed by atoms with Crippen molar-refractivity contribution < 1.29 is 0 Å². The van der Waals surface area contributed by atoms with Crippen molar-refractivity contribution in [3.8, 4) is 0 Å². The summed E-state index contributed by atoms with van der Waals surface area (Å²) in [6, 6.07) is 0.519. The Balaban J connectivity index is 2.16. The van der Waals surface area contributed by atoms with Gasteiger partial charge in [0.25, 0.3) is 0 Å². The highest BCUT2D eigenvalue weighted by molar-refractivity contribution is 6.28. The molecule has 0 N–H and O–H groups in total. The predicted octanol–water partition coefficient (Wildman–Crippen LogP) is 1.41. The molecule has 1 aliphatic rings. The average Bonchev–Trinajstić information content (AvgIpc) is 2.58. The number of hydrogen-bond acceptors (Lipinski definition) is 2. The molecule has 0 aliphatic carbocycles. The minimum Gasteiger partial charge on any atom is -0.317 e. The van der Waals surface area contributed by atoms with Crippen LogP contribution in [-0.4, -0.2) is 34.6 Å². The zero-order valence-corrected chi connectivity index (χ0v) is 7.83. The fraction of sp³-hybridized carbons (Fsp3) is 0.625. The monoisotopic (exact) mass is 185 g/mol. The Morgan fingerprint density at radius 2 is 2.50 bits per heavy atom. The molecule has 66 valence electrons. The maximum Gasteiger partial charge on any atom is 0.202 e. The van der Waals surface area contributed by atoms with Gasteiger partial charge in [0.1, 0.15) is 0 Å². The smallest absolute Gasteiger partial charge is 0.202 e. The van der Waals surface area contributed by atoms with Gasteiger partial charge < -0.3 is 9.47 Å². The maximum absolute atomic E-state index is 5.90. The summed E-state index contributed by atoms with van der Waals surface area (Å²) in [5.41, 5.74) is 0. The number of rotatable bonds is 1. The van der Waals surface area contributed by atoms with Crippen molar-refractivity contribution in [2.75, 3.05) is 20.1 Å². The predicted molar refractivity (Wildman–Crippen MR) is 48.4 cm³/mol. The van der Waals surface area contributed by atoms with Crippen molar-refractivity contribution in [2.45, 2.75) is 12.5 Å². The highest BCUT2D eigenvalue weighted by Crippen LogP contribution is 2.23. The largest absolute Gasteiger partial charge is 0.317 e. The summed E-state index contributed by atoms with van der Waals surface area (Å²) < 4.78 is 2.05. The number of likely N-dealkylation sites (tertiary alicyclic amines) is 1. The molecule has 1 unspecified atom stereocenters. The number of nitrogens with zero attached hydrogens (tertiary/aromatic N) is 3. The van der Waals surface area contributed by atoms with Crippen LogP contribution in [0.15, 0.2) is 12.4 Å². The fourth-order valence-electron chi connectivity index (χ4n) is 1.71. The van der Waals surface area contributed by atoms with Crippen LogP contribution in [0.1, 0.15) is 12.5 Å². The third-order valence-electron chi connectivity index (χ3n) is 2.38. The van der Waals surface area contributed by atoms with Gasteiger partial charge in [0.2, 0.25) is 5.28 Å². The van der Waals surface area contributed by atoms with E-state index in [1.54, 1.807) is 6.20 Å². The first-order chi connectivity index (χ1) is 5.77. The summed E-state index contributed by atoms with van der Waals surface area (Å²) >= 11 is 5.90. The van der Waals surface area contributed by atoms with E-state index in [1.807, 2.05) is 10.8 Å². The van der Waals surface area contributed by atoms with E-state index in [9.17, 15) is 0 Å². The molecular formula is C8H12ClN3. The molecule has 2 heterocycles. The molecule has 0 radical (unpaired) electrons. The zero-order valence-electron chi connectivity index (χ0n) is 7.07. The van der Waals surface area contributed by atoms with Crippen LogP contribution in [-0.2, 0) is 0 Å². The van der Waals surface area contributed by atoms with Crippen molar-refractivity contribution in [1.82, 2.24) is 14.5 Å². The molecule has 0 saturated carbocycles. The molecule has 0 bridgehead atoms. The number of likely N-dealkylation sites (N-methyl/N-ethyl adjacent to an activating group) is 1. The summed E-state index contributed by atoms with van der Waals surface area (Å²) in [4.78, 5) is 6.30. The van der Waals surface area contributed by atoms with E-state index in [2.05, 4.69) is 16.9 Å². The van der Waals surface area contributed by atoms with Gasteiger partial charge in [0, 0.05) is 25.0 Å². The number of hydrogen-bond donors (Lipinski definition) is 0. The summed E-state index contributed by atoms with van der Waals surface area (Å²) in [5, 5.41) is 0.607. The molecule has 0 spiro atoms. The van der Waals surface area contributed by atoms with Gasteiger partial charge in [-0.2, -0.15) is 0 Å². The SMILES string of the molecule is CN1CCC(n2ccnc2Cl)C1. The molecule has 0 amide bonds. The van der Waals surface area contributed by atoms with E-state index in [4.69, 9.17) is 11.6 Å². The van der Waals surface area contributed by atoms with Gasteiger partial charge in [0.05, 0.1) is 0 Å². The molecule has 1 atom stereocenters. The van der Waals surface area contributed by atoms with Gasteiger partial charge in [-0.05, 0) is 31.6 Å². The molecule has 1 aliphatic heterocycles. The van der Waals surface area contributed by atoms with Gasteiger partial charge in [-0.3, -0.25) is 0 Å². The van der Waals surface area contributed by atoms with Gasteiger partial charge in [0.15, 0.2) is 0 Å². The van der Waals surface area contributed by atoms with E-state index >= 15 is 0 Å². The van der Waals surface area contributed by atoms with Crippen molar-refractivity contribution in [3.63, 3.8) is 0 Å². The minimum absolute atomic E-state index is 0.519. The van der Waals surface area contributed by atoms with E-state index in [0.29, 0.717) is 11.3 Å². The van der Waals surface area contributed by atoms with Crippen LogP contribution in [0.4, 0.5) is 0 Å². The Bertz CT molecular complexity index is 271. The van der Waals surface area contributed by atoms with E-state index in [1.165, 1.54) is 6.42 Å². The second-order valence-electron chi connectivity index (χ2n) is 3.31. The first-order valence-corrected chi connectivity index (χ1v) is 4.52. The minimum atomic E-state index is 0.519. The van der Waals surface area contributed by atoms with Crippen LogP contribution in [0.2, 0.25) is 5.28 Å². The van der Waals surface area contributed by atoms with Crippen LogP contribution < -0.4 is 0 Å². The van der Waals surface area contributed by atoms with Crippen molar-refractivity contribution in [2.24, 2.45) is 0 Å². The summed E-state index contributed by atoms with van der Waals surface area (Å²) in [5.74, 6) is 0. The van der Waals surface area contributed by atoms with Gasteiger partial charge >= 0.3 is 0 Å². The van der Waals surface area contributed by atoms with Crippen molar-refractivity contribution in [3.05, 3.63) is 17.7 Å². The highest BCUT2D eigenvalue weighted by atomic mass is 35.5. The standard InChI is InChI=1S/C8H12ClN3/c1-11-4-2-7(6-11)12-5-3-10-8(12)9/h3,5,7H,2,4,6H2,1H3. The van der Waals surface area contributed by atoms with Crippen molar-refractivity contribution in [1.29, 1.82) is 0 Å². The molecule has 4 heteroatoms. The summed E-state index contributed by atoms with van der Waals surface area (Å²) in [7, 11) is 2.13. The Hall–Kier alpha value is -0.540. The third kappa shape index (κ3) is 1.34. The molecule has 12 heavy (non-hydrogen) atoms. The van der Waals surface area contributed by atoms with E-state index in [0.717, 1.165) is 13.1 Å². The van der Waals surface area contributed by atoms with Crippen LogP contribution in [0.3, 0.4) is 0 Å². The van der Waals surface area contributed by atoms with Crippen LogP contribution in [0.25, 0.3) is 0 Å². The first kappa shape index (κ1) is 8.08. The van der Waals surface area contributed by atoms with Crippen LogP contribution in [0, 0.1) is 0 Å². The Labute approximate surface area is 77.0 Å². The topological polar surface area (TPSA) is 21.1 Å². The van der Waals surface area contributed by atoms with E-state index < -0.39 is 0 Å². The third-order valence-corrected chi connectivity index (χ3v) is 2.67. The average molecular weight is 186 g/mol. The number of halogens is 1. The summed E-state index contributed by atoms with van der Waals surface area (Å²) in [6.45, 7) is 2.23. The van der Waals surface area contributed by atoms with E-state index in [-0.39, 0.29) is 0 Å². The zero-order chi connectivity index (χ0) is 8.55. The van der Waals surface area contributed by atoms with Crippen LogP contribution in [0.5, 0.6) is 0 Å². The lowest BCUT2D eigenvalue weighted by molar-refractivity contribution is 0.392. The van der Waals surface area contributed by atoms with Gasteiger partial charge in [-0.15, -0.1) is 0 Å². The lowest BCUT2D eigenvalue weighted by atomic mass is 10.3. The second-order valence-corrected chi connectivity index (χ2v) is 3.65. The molecule has 1 aromatic heterocycles. The normalized spacial score (nSPS) is 25.0. The second kappa shape index (κ2) is 3.07.